The van der Waals surface area contributed by atoms with Crippen molar-refractivity contribution in [2.75, 3.05) is 18.9 Å². The number of fused-ring (bicyclic) bond motifs is 1. The molecule has 0 aliphatic carbocycles. The van der Waals surface area contributed by atoms with Gasteiger partial charge >= 0.3 is 0 Å². The Labute approximate surface area is 99.4 Å². The Bertz CT molecular complexity index is 536. The molecule has 17 heavy (non-hydrogen) atoms. The number of nitrogens with zero attached hydrogens (tertiary/aromatic N) is 1. The molecule has 1 aliphatic heterocycles. The molecule has 4 heteroatoms. The minimum absolute atomic E-state index is 0.141. The molecule has 0 spiro atoms. The van der Waals surface area contributed by atoms with Crippen molar-refractivity contribution in [3.63, 3.8) is 0 Å². The maximum atomic E-state index is 5.92. The van der Waals surface area contributed by atoms with E-state index in [4.69, 9.17) is 15.2 Å². The molecule has 2 heterocycles. The molecule has 88 valence electrons. The van der Waals surface area contributed by atoms with E-state index < -0.39 is 0 Å². The van der Waals surface area contributed by atoms with Gasteiger partial charge in [-0.25, -0.2) is 0 Å². The minimum atomic E-state index is 0.141. The van der Waals surface area contributed by atoms with Crippen LogP contribution in [0.2, 0.25) is 0 Å². The summed E-state index contributed by atoms with van der Waals surface area (Å²) in [4.78, 5) is 4.28. The fourth-order valence-electron chi connectivity index (χ4n) is 2.06. The van der Waals surface area contributed by atoms with Gasteiger partial charge in [0.05, 0.1) is 24.4 Å². The van der Waals surface area contributed by atoms with E-state index in [1.165, 1.54) is 0 Å². The highest BCUT2D eigenvalue weighted by molar-refractivity contribution is 5.93. The highest BCUT2D eigenvalue weighted by Crippen LogP contribution is 2.29. The molecule has 1 fully saturated rings. The van der Waals surface area contributed by atoms with Gasteiger partial charge in [-0.3, -0.25) is 4.98 Å². The summed E-state index contributed by atoms with van der Waals surface area (Å²) in [5.41, 5.74) is 7.36. The van der Waals surface area contributed by atoms with Crippen molar-refractivity contribution >= 4 is 16.6 Å². The van der Waals surface area contributed by atoms with E-state index in [2.05, 4.69) is 4.98 Å². The highest BCUT2D eigenvalue weighted by Gasteiger charge is 2.18. The predicted molar refractivity (Wildman–Crippen MR) is 66.0 cm³/mol. The first-order valence-electron chi connectivity index (χ1n) is 5.72. The summed E-state index contributed by atoms with van der Waals surface area (Å²) in [6.45, 7) is 1.43. The summed E-state index contributed by atoms with van der Waals surface area (Å²) in [6, 6.07) is 7.60. The number of hydrogen-bond acceptors (Lipinski definition) is 4. The number of anilines is 1. The number of hydrogen-bond donors (Lipinski definition) is 1. The quantitative estimate of drug-likeness (QED) is 0.801. The second-order valence-corrected chi connectivity index (χ2v) is 4.16. The van der Waals surface area contributed by atoms with Crippen molar-refractivity contribution in [1.82, 2.24) is 4.98 Å². The maximum Gasteiger partial charge on any atom is 0.129 e. The first-order chi connectivity index (χ1) is 8.34. The van der Waals surface area contributed by atoms with Crippen LogP contribution >= 0.6 is 0 Å². The topological polar surface area (TPSA) is 57.4 Å². The fourth-order valence-corrected chi connectivity index (χ4v) is 2.06. The number of aromatic nitrogens is 1. The van der Waals surface area contributed by atoms with Crippen molar-refractivity contribution in [3.05, 3.63) is 30.5 Å². The van der Waals surface area contributed by atoms with Crippen LogP contribution in [0.15, 0.2) is 30.5 Å². The number of pyridine rings is 1. The van der Waals surface area contributed by atoms with Crippen LogP contribution in [-0.2, 0) is 4.74 Å². The van der Waals surface area contributed by atoms with Crippen LogP contribution in [0.5, 0.6) is 5.75 Å². The molecule has 0 bridgehead atoms. The number of nitrogen functional groups attached to an aromatic ring is 1. The summed E-state index contributed by atoms with van der Waals surface area (Å²) >= 11 is 0. The minimum Gasteiger partial charge on any atom is -0.487 e. The molecule has 2 N–H and O–H groups in total. The van der Waals surface area contributed by atoms with Gasteiger partial charge in [0.2, 0.25) is 0 Å². The van der Waals surface area contributed by atoms with Crippen LogP contribution in [0.1, 0.15) is 6.42 Å². The first kappa shape index (κ1) is 10.4. The molecule has 1 aromatic heterocycles. The zero-order valence-electron chi connectivity index (χ0n) is 9.43. The van der Waals surface area contributed by atoms with Gasteiger partial charge in [-0.1, -0.05) is 0 Å². The second kappa shape index (κ2) is 4.22. The van der Waals surface area contributed by atoms with Crippen LogP contribution < -0.4 is 10.5 Å². The molecule has 1 aromatic carbocycles. The SMILES string of the molecule is Nc1ccc(OC2CCOC2)c2cccnc12. The van der Waals surface area contributed by atoms with Crippen molar-refractivity contribution in [1.29, 1.82) is 0 Å². The number of benzene rings is 1. The third-order valence-corrected chi connectivity index (χ3v) is 2.94. The predicted octanol–water partition coefficient (Wildman–Crippen LogP) is 1.98. The van der Waals surface area contributed by atoms with Gasteiger partial charge in [-0.2, -0.15) is 0 Å². The average molecular weight is 230 g/mol. The van der Waals surface area contributed by atoms with Crippen LogP contribution in [0.4, 0.5) is 5.69 Å². The van der Waals surface area contributed by atoms with Gasteiger partial charge in [0, 0.05) is 18.0 Å². The van der Waals surface area contributed by atoms with Gasteiger partial charge in [0.1, 0.15) is 11.9 Å². The molecule has 0 radical (unpaired) electrons. The summed E-state index contributed by atoms with van der Waals surface area (Å²) in [5, 5.41) is 0.958. The van der Waals surface area contributed by atoms with Crippen molar-refractivity contribution in [3.8, 4) is 5.75 Å². The Morgan fingerprint density at radius 3 is 3.12 bits per heavy atom. The van der Waals surface area contributed by atoms with Gasteiger partial charge in [0.25, 0.3) is 0 Å². The molecular formula is C13H14N2O2. The Hall–Kier alpha value is -1.81. The van der Waals surface area contributed by atoms with Gasteiger partial charge in [-0.05, 0) is 24.3 Å². The maximum absolute atomic E-state index is 5.92. The molecular weight excluding hydrogens is 216 g/mol. The van der Waals surface area contributed by atoms with Gasteiger partial charge in [-0.15, -0.1) is 0 Å². The average Bonchev–Trinajstić information content (AvgIpc) is 2.86. The normalized spacial score (nSPS) is 19.6. The molecule has 1 atom stereocenters. The van der Waals surface area contributed by atoms with Gasteiger partial charge < -0.3 is 15.2 Å². The van der Waals surface area contributed by atoms with Crippen LogP contribution in [0.25, 0.3) is 10.9 Å². The standard InChI is InChI=1S/C13H14N2O2/c14-11-3-4-12(17-9-5-7-16-8-9)10-2-1-6-15-13(10)11/h1-4,6,9H,5,7-8,14H2. The van der Waals surface area contributed by atoms with Crippen LogP contribution in [-0.4, -0.2) is 24.3 Å². The largest absolute Gasteiger partial charge is 0.487 e. The Kier molecular flexibility index (Phi) is 2.57. The smallest absolute Gasteiger partial charge is 0.129 e. The molecule has 0 amide bonds. The lowest BCUT2D eigenvalue weighted by atomic mass is 10.1. The monoisotopic (exact) mass is 230 g/mol. The Morgan fingerprint density at radius 1 is 1.35 bits per heavy atom. The Balaban J connectivity index is 2.01. The molecule has 1 unspecified atom stereocenters. The zero-order chi connectivity index (χ0) is 11.7. The molecule has 1 saturated heterocycles. The van der Waals surface area contributed by atoms with E-state index in [9.17, 15) is 0 Å². The molecule has 0 saturated carbocycles. The summed E-state index contributed by atoms with van der Waals surface area (Å²) < 4.78 is 11.2. The third kappa shape index (κ3) is 1.91. The highest BCUT2D eigenvalue weighted by atomic mass is 16.5. The lowest BCUT2D eigenvalue weighted by Gasteiger charge is -2.14. The first-order valence-corrected chi connectivity index (χ1v) is 5.72. The van der Waals surface area contributed by atoms with E-state index in [0.717, 1.165) is 29.7 Å². The molecule has 2 aromatic rings. The summed E-state index contributed by atoms with van der Waals surface area (Å²) in [5.74, 6) is 0.831. The number of ether oxygens (including phenoxy) is 2. The second-order valence-electron chi connectivity index (χ2n) is 4.16. The van der Waals surface area contributed by atoms with Crippen molar-refractivity contribution in [2.24, 2.45) is 0 Å². The van der Waals surface area contributed by atoms with E-state index >= 15 is 0 Å². The van der Waals surface area contributed by atoms with Crippen LogP contribution in [0.3, 0.4) is 0 Å². The van der Waals surface area contributed by atoms with Crippen molar-refractivity contribution in [2.45, 2.75) is 12.5 Å². The summed E-state index contributed by atoms with van der Waals surface area (Å²) in [7, 11) is 0. The Morgan fingerprint density at radius 2 is 2.29 bits per heavy atom. The van der Waals surface area contributed by atoms with Gasteiger partial charge in [0.15, 0.2) is 0 Å². The van der Waals surface area contributed by atoms with Crippen LogP contribution in [0, 0.1) is 0 Å². The zero-order valence-corrected chi connectivity index (χ0v) is 9.43. The fraction of sp³-hybridized carbons (Fsp3) is 0.308. The summed E-state index contributed by atoms with van der Waals surface area (Å²) in [6.07, 6.45) is 2.81. The number of nitrogens with two attached hydrogens (primary N) is 1. The molecule has 3 rings (SSSR count). The van der Waals surface area contributed by atoms with E-state index in [1.807, 2.05) is 24.3 Å². The van der Waals surface area contributed by atoms with E-state index in [1.54, 1.807) is 6.20 Å². The molecule has 4 nitrogen and oxygen atoms in total. The molecule has 1 aliphatic rings. The lowest BCUT2D eigenvalue weighted by Crippen LogP contribution is -2.15. The third-order valence-electron chi connectivity index (χ3n) is 2.94. The van der Waals surface area contributed by atoms with E-state index in [0.29, 0.717) is 12.3 Å². The number of rotatable bonds is 2. The van der Waals surface area contributed by atoms with E-state index in [-0.39, 0.29) is 6.10 Å². The van der Waals surface area contributed by atoms with Crippen molar-refractivity contribution < 1.29 is 9.47 Å². The lowest BCUT2D eigenvalue weighted by molar-refractivity contribution is 0.142.